The fourth-order valence-electron chi connectivity index (χ4n) is 2.95. The number of carbonyl (C=O) groups excluding carboxylic acids is 1. The van der Waals surface area contributed by atoms with Crippen molar-refractivity contribution in [2.24, 2.45) is 5.10 Å². The summed E-state index contributed by atoms with van der Waals surface area (Å²) in [6, 6.07) is 11.3. The fraction of sp³-hybridized carbons (Fsp3) is 0.300. The summed E-state index contributed by atoms with van der Waals surface area (Å²) in [6.45, 7) is 4.96. The van der Waals surface area contributed by atoms with Crippen molar-refractivity contribution in [3.05, 3.63) is 63.7 Å². The van der Waals surface area contributed by atoms with Crippen LogP contribution in [0.4, 0.5) is 11.4 Å². The number of hydrazone groups is 1. The minimum absolute atomic E-state index is 0.0405. The maximum Gasteiger partial charge on any atom is 0.271 e. The van der Waals surface area contributed by atoms with Gasteiger partial charge in [0.05, 0.1) is 31.0 Å². The first kappa shape index (κ1) is 20.3. The standard InChI is InChI=1S/C20H22N4O5/c1-2-29-18-6-3-15(4-7-18)20(25)22-21-14-16-13-17(24(26)27)5-8-19(16)23-9-11-28-12-10-23/h3-8,13-14H,2,9-12H2,1H3,(H,22,25)/b21-14-. The molecule has 1 fully saturated rings. The first-order chi connectivity index (χ1) is 14.1. The van der Waals surface area contributed by atoms with Crippen molar-refractivity contribution >= 4 is 23.5 Å². The Morgan fingerprint density at radius 3 is 2.66 bits per heavy atom. The van der Waals surface area contributed by atoms with Crippen molar-refractivity contribution in [1.82, 2.24) is 5.43 Å². The number of ether oxygens (including phenoxy) is 2. The first-order valence-electron chi connectivity index (χ1n) is 9.26. The molecule has 0 radical (unpaired) electrons. The zero-order chi connectivity index (χ0) is 20.6. The molecule has 1 aliphatic rings. The summed E-state index contributed by atoms with van der Waals surface area (Å²) in [6.07, 6.45) is 1.42. The minimum atomic E-state index is -0.459. The van der Waals surface area contributed by atoms with Crippen molar-refractivity contribution in [1.29, 1.82) is 0 Å². The number of anilines is 1. The highest BCUT2D eigenvalue weighted by Gasteiger charge is 2.17. The van der Waals surface area contributed by atoms with E-state index in [1.165, 1.54) is 18.3 Å². The molecule has 0 bridgehead atoms. The van der Waals surface area contributed by atoms with Gasteiger partial charge in [-0.1, -0.05) is 0 Å². The highest BCUT2D eigenvalue weighted by Crippen LogP contribution is 2.25. The lowest BCUT2D eigenvalue weighted by Crippen LogP contribution is -2.36. The molecule has 1 amide bonds. The van der Waals surface area contributed by atoms with Crippen molar-refractivity contribution in [2.45, 2.75) is 6.92 Å². The van der Waals surface area contributed by atoms with Gasteiger partial charge in [-0.05, 0) is 37.3 Å². The molecule has 2 aromatic rings. The SMILES string of the molecule is CCOc1ccc(C(=O)N/N=C\c2cc([N+](=O)[O-])ccc2N2CCOCC2)cc1. The Kier molecular flexibility index (Phi) is 6.75. The molecule has 9 heteroatoms. The van der Waals surface area contributed by atoms with E-state index in [4.69, 9.17) is 9.47 Å². The molecule has 29 heavy (non-hydrogen) atoms. The van der Waals surface area contributed by atoms with Gasteiger partial charge in [0.2, 0.25) is 0 Å². The maximum absolute atomic E-state index is 12.3. The Labute approximate surface area is 168 Å². The van der Waals surface area contributed by atoms with Crippen LogP contribution in [0.25, 0.3) is 0 Å². The molecule has 1 saturated heterocycles. The average molecular weight is 398 g/mol. The topological polar surface area (TPSA) is 106 Å². The number of carbonyl (C=O) groups is 1. The van der Waals surface area contributed by atoms with Crippen molar-refractivity contribution in [2.75, 3.05) is 37.8 Å². The quantitative estimate of drug-likeness (QED) is 0.436. The Morgan fingerprint density at radius 1 is 1.28 bits per heavy atom. The van der Waals surface area contributed by atoms with E-state index in [0.717, 1.165) is 5.69 Å². The van der Waals surface area contributed by atoms with E-state index < -0.39 is 4.92 Å². The van der Waals surface area contributed by atoms with E-state index in [1.807, 2.05) is 6.92 Å². The smallest absolute Gasteiger partial charge is 0.271 e. The van der Waals surface area contributed by atoms with Gasteiger partial charge >= 0.3 is 0 Å². The monoisotopic (exact) mass is 398 g/mol. The summed E-state index contributed by atoms with van der Waals surface area (Å²) in [4.78, 5) is 25.0. The molecular formula is C20H22N4O5. The third-order valence-corrected chi connectivity index (χ3v) is 4.37. The van der Waals surface area contributed by atoms with Gasteiger partial charge in [-0.3, -0.25) is 14.9 Å². The minimum Gasteiger partial charge on any atom is -0.494 e. The molecule has 1 aliphatic heterocycles. The van der Waals surface area contributed by atoms with Crippen molar-refractivity contribution < 1.29 is 19.2 Å². The normalized spacial score (nSPS) is 14.0. The number of nitrogens with one attached hydrogen (secondary N) is 1. The molecule has 0 spiro atoms. The van der Waals surface area contributed by atoms with Gasteiger partial charge in [0.25, 0.3) is 11.6 Å². The van der Waals surface area contributed by atoms with Crippen LogP contribution in [0.15, 0.2) is 47.6 Å². The Morgan fingerprint density at radius 2 is 2.00 bits per heavy atom. The fourth-order valence-corrected chi connectivity index (χ4v) is 2.95. The molecule has 1 heterocycles. The number of hydrogen-bond donors (Lipinski definition) is 1. The average Bonchev–Trinajstić information content (AvgIpc) is 2.75. The third-order valence-electron chi connectivity index (χ3n) is 4.37. The molecule has 0 unspecified atom stereocenters. The predicted molar refractivity (Wildman–Crippen MR) is 109 cm³/mol. The van der Waals surface area contributed by atoms with Crippen molar-refractivity contribution in [3.8, 4) is 5.75 Å². The van der Waals surface area contributed by atoms with Gasteiger partial charge in [0, 0.05) is 42.0 Å². The maximum atomic E-state index is 12.3. The van der Waals surface area contributed by atoms with Crippen LogP contribution in [0.5, 0.6) is 5.75 Å². The van der Waals surface area contributed by atoms with Crippen LogP contribution in [-0.2, 0) is 4.74 Å². The number of hydrogen-bond acceptors (Lipinski definition) is 7. The van der Waals surface area contributed by atoms with Crippen LogP contribution >= 0.6 is 0 Å². The van der Waals surface area contributed by atoms with Gasteiger partial charge in [-0.15, -0.1) is 0 Å². The van der Waals surface area contributed by atoms with Crippen LogP contribution in [0.1, 0.15) is 22.8 Å². The summed E-state index contributed by atoms with van der Waals surface area (Å²) in [5.41, 5.74) is 4.20. The summed E-state index contributed by atoms with van der Waals surface area (Å²) < 4.78 is 10.7. The lowest BCUT2D eigenvalue weighted by atomic mass is 10.1. The second kappa shape index (κ2) is 9.65. The molecule has 9 nitrogen and oxygen atoms in total. The molecule has 0 aliphatic carbocycles. The van der Waals surface area contributed by atoms with Crippen molar-refractivity contribution in [3.63, 3.8) is 0 Å². The van der Waals surface area contributed by atoms with E-state index in [2.05, 4.69) is 15.4 Å². The number of rotatable bonds is 7. The number of benzene rings is 2. The Hall–Kier alpha value is -3.46. The lowest BCUT2D eigenvalue weighted by molar-refractivity contribution is -0.384. The molecule has 2 aromatic carbocycles. The molecular weight excluding hydrogens is 376 g/mol. The highest BCUT2D eigenvalue weighted by molar-refractivity contribution is 5.95. The summed E-state index contributed by atoms with van der Waals surface area (Å²) >= 11 is 0. The third kappa shape index (κ3) is 5.29. The van der Waals surface area contributed by atoms with Crippen LogP contribution < -0.4 is 15.1 Å². The number of nitro groups is 1. The van der Waals surface area contributed by atoms with E-state index in [-0.39, 0.29) is 11.6 Å². The molecule has 1 N–H and O–H groups in total. The van der Waals surface area contributed by atoms with E-state index in [1.54, 1.807) is 30.3 Å². The number of non-ortho nitro benzene ring substituents is 1. The lowest BCUT2D eigenvalue weighted by Gasteiger charge is -2.29. The van der Waals surface area contributed by atoms with Gasteiger partial charge in [0.1, 0.15) is 5.75 Å². The highest BCUT2D eigenvalue weighted by atomic mass is 16.6. The Balaban J connectivity index is 1.74. The predicted octanol–water partition coefficient (Wildman–Crippen LogP) is 2.59. The largest absolute Gasteiger partial charge is 0.494 e. The van der Waals surface area contributed by atoms with Gasteiger partial charge in [-0.2, -0.15) is 5.10 Å². The van der Waals surface area contributed by atoms with Gasteiger partial charge in [0.15, 0.2) is 0 Å². The molecule has 152 valence electrons. The molecule has 0 aromatic heterocycles. The number of nitro benzene ring substituents is 1. The summed E-state index contributed by atoms with van der Waals surface area (Å²) in [7, 11) is 0. The van der Waals surface area contributed by atoms with Crippen LogP contribution in [0, 0.1) is 10.1 Å². The zero-order valence-corrected chi connectivity index (χ0v) is 16.0. The Bertz CT molecular complexity index is 892. The second-order valence-corrected chi connectivity index (χ2v) is 6.26. The van der Waals surface area contributed by atoms with E-state index in [9.17, 15) is 14.9 Å². The van der Waals surface area contributed by atoms with Crippen LogP contribution in [0.3, 0.4) is 0 Å². The number of nitrogens with zero attached hydrogens (tertiary/aromatic N) is 3. The van der Waals surface area contributed by atoms with Crippen LogP contribution in [-0.4, -0.2) is 50.0 Å². The number of morpholine rings is 1. The summed E-state index contributed by atoms with van der Waals surface area (Å²) in [5, 5.41) is 15.1. The zero-order valence-electron chi connectivity index (χ0n) is 16.0. The van der Waals surface area contributed by atoms with Gasteiger partial charge in [-0.25, -0.2) is 5.43 Å². The molecule has 0 atom stereocenters. The van der Waals surface area contributed by atoms with Crippen LogP contribution in [0.2, 0.25) is 0 Å². The van der Waals surface area contributed by atoms with E-state index >= 15 is 0 Å². The van der Waals surface area contributed by atoms with E-state index in [0.29, 0.717) is 49.8 Å². The van der Waals surface area contributed by atoms with Gasteiger partial charge < -0.3 is 14.4 Å². The summed E-state index contributed by atoms with van der Waals surface area (Å²) in [5.74, 6) is 0.293. The second-order valence-electron chi connectivity index (χ2n) is 6.26. The molecule has 3 rings (SSSR count). The number of amides is 1. The molecule has 0 saturated carbocycles. The first-order valence-corrected chi connectivity index (χ1v) is 9.26.